The predicted octanol–water partition coefficient (Wildman–Crippen LogP) is 3.71. The molecule has 30 heavy (non-hydrogen) atoms. The third kappa shape index (κ3) is 4.79. The molecule has 1 saturated heterocycles. The molecule has 7 heteroatoms. The molecule has 2 aromatic carbocycles. The van der Waals surface area contributed by atoms with Gasteiger partial charge in [-0.15, -0.1) is 0 Å². The van der Waals surface area contributed by atoms with Crippen molar-refractivity contribution >= 4 is 17.7 Å². The zero-order valence-electron chi connectivity index (χ0n) is 16.8. The summed E-state index contributed by atoms with van der Waals surface area (Å²) in [5.74, 6) is -0.0993. The van der Waals surface area contributed by atoms with E-state index in [-0.39, 0.29) is 11.4 Å². The number of halogens is 2. The topological polar surface area (TPSA) is 64.6 Å². The second-order valence-electron chi connectivity index (χ2n) is 8.24. The van der Waals surface area contributed by atoms with E-state index in [0.29, 0.717) is 36.5 Å². The minimum absolute atomic E-state index is 0.206. The van der Waals surface area contributed by atoms with Gasteiger partial charge in [0.25, 0.3) is 0 Å². The van der Waals surface area contributed by atoms with Gasteiger partial charge in [-0.05, 0) is 74.5 Å². The number of piperidine rings is 1. The lowest BCUT2D eigenvalue weighted by atomic mass is 9.90. The third-order valence-corrected chi connectivity index (χ3v) is 6.12. The van der Waals surface area contributed by atoms with Crippen LogP contribution >= 0.6 is 0 Å². The monoisotopic (exact) mass is 415 g/mol. The van der Waals surface area contributed by atoms with Crippen LogP contribution in [0.25, 0.3) is 0 Å². The number of nitrogens with one attached hydrogen (secondary N) is 2. The Morgan fingerprint density at radius 3 is 2.43 bits per heavy atom. The molecule has 0 bridgehead atoms. The molecule has 5 nitrogen and oxygen atoms in total. The van der Waals surface area contributed by atoms with E-state index in [1.54, 1.807) is 6.07 Å². The zero-order chi connectivity index (χ0) is 21.1. The van der Waals surface area contributed by atoms with Crippen molar-refractivity contribution in [1.29, 1.82) is 0 Å². The maximum absolute atomic E-state index is 14.4. The first-order valence-electron chi connectivity index (χ1n) is 10.5. The van der Waals surface area contributed by atoms with Gasteiger partial charge < -0.3 is 20.6 Å². The molecule has 3 N–H and O–H groups in total. The highest BCUT2D eigenvalue weighted by atomic mass is 19.1. The Morgan fingerprint density at radius 1 is 1.10 bits per heavy atom. The molecule has 2 heterocycles. The van der Waals surface area contributed by atoms with Crippen LogP contribution in [-0.4, -0.2) is 42.1 Å². The van der Waals surface area contributed by atoms with E-state index in [4.69, 9.17) is 0 Å². The van der Waals surface area contributed by atoms with Crippen LogP contribution in [0.3, 0.4) is 0 Å². The maximum Gasteiger partial charge on any atom is 0.162 e. The van der Waals surface area contributed by atoms with Gasteiger partial charge in [-0.25, -0.2) is 8.78 Å². The maximum atomic E-state index is 14.4. The molecule has 0 aromatic heterocycles. The van der Waals surface area contributed by atoms with Crippen LogP contribution in [-0.2, 0) is 11.2 Å². The highest BCUT2D eigenvalue weighted by Crippen LogP contribution is 2.34. The van der Waals surface area contributed by atoms with Gasteiger partial charge in [0.05, 0.1) is 17.5 Å². The van der Waals surface area contributed by atoms with Gasteiger partial charge >= 0.3 is 0 Å². The average molecular weight is 415 g/mol. The fourth-order valence-electron chi connectivity index (χ4n) is 4.35. The second kappa shape index (κ2) is 9.10. The number of rotatable bonds is 7. The van der Waals surface area contributed by atoms with E-state index >= 15 is 0 Å². The molecular weight excluding hydrogens is 388 g/mol. The largest absolute Gasteiger partial charge is 0.388 e. The van der Waals surface area contributed by atoms with Crippen molar-refractivity contribution in [2.75, 3.05) is 30.3 Å². The zero-order valence-corrected chi connectivity index (χ0v) is 16.8. The number of nitrogens with zero attached hydrogens (tertiary/aromatic N) is 1. The number of likely N-dealkylation sites (tertiary alicyclic amines) is 1. The van der Waals surface area contributed by atoms with E-state index in [1.165, 1.54) is 18.2 Å². The van der Waals surface area contributed by atoms with Crippen molar-refractivity contribution in [2.24, 2.45) is 5.92 Å². The molecule has 160 valence electrons. The van der Waals surface area contributed by atoms with Crippen molar-refractivity contribution in [3.63, 3.8) is 0 Å². The van der Waals surface area contributed by atoms with E-state index in [2.05, 4.69) is 15.5 Å². The van der Waals surface area contributed by atoms with Gasteiger partial charge in [-0.3, -0.25) is 4.79 Å². The number of hydrogen-bond donors (Lipinski definition) is 3. The van der Waals surface area contributed by atoms with Crippen LogP contribution < -0.4 is 10.6 Å². The van der Waals surface area contributed by atoms with Crippen LogP contribution in [0.2, 0.25) is 0 Å². The van der Waals surface area contributed by atoms with Gasteiger partial charge in [0.2, 0.25) is 0 Å². The van der Waals surface area contributed by atoms with Crippen LogP contribution in [0, 0.1) is 17.6 Å². The molecule has 0 spiro atoms. The van der Waals surface area contributed by atoms with Gasteiger partial charge in [-0.2, -0.15) is 0 Å². The Morgan fingerprint density at radius 2 is 1.77 bits per heavy atom. The van der Waals surface area contributed by atoms with E-state index in [9.17, 15) is 18.7 Å². The van der Waals surface area contributed by atoms with Crippen molar-refractivity contribution < 1.29 is 18.7 Å². The Balaban J connectivity index is 1.26. The summed E-state index contributed by atoms with van der Waals surface area (Å²) in [5.41, 5.74) is 2.58. The second-order valence-corrected chi connectivity index (χ2v) is 8.24. The highest BCUT2D eigenvalue weighted by molar-refractivity contribution is 5.83. The standard InChI is InChI=1S/C23H27F2N3O2/c24-17-3-1-15(2-4-17)11-16-5-8-28(9-6-16)10-7-22(30)18-12-20-21(13-19(18)25)27-23(14-29)26-20/h1-4,12-14,16,22-23,26-27,30H,5-11H2. The van der Waals surface area contributed by atoms with Crippen LogP contribution in [0.1, 0.15) is 36.5 Å². The number of hydrogen-bond acceptors (Lipinski definition) is 5. The number of aliphatic hydroxyl groups excluding tert-OH is 1. The van der Waals surface area contributed by atoms with Crippen molar-refractivity contribution in [3.05, 3.63) is 59.2 Å². The molecule has 1 fully saturated rings. The van der Waals surface area contributed by atoms with Gasteiger partial charge in [0.15, 0.2) is 12.5 Å². The summed E-state index contributed by atoms with van der Waals surface area (Å²) >= 11 is 0. The van der Waals surface area contributed by atoms with Crippen LogP contribution in [0.4, 0.5) is 20.2 Å². The first kappa shape index (κ1) is 20.8. The molecular formula is C23H27F2N3O2. The lowest BCUT2D eigenvalue weighted by molar-refractivity contribution is -0.107. The quantitative estimate of drug-likeness (QED) is 0.602. The van der Waals surface area contributed by atoms with Crippen molar-refractivity contribution in [3.8, 4) is 0 Å². The Hall–Kier alpha value is -2.51. The fourth-order valence-corrected chi connectivity index (χ4v) is 4.35. The molecule has 2 aromatic rings. The Kier molecular flexibility index (Phi) is 6.29. The summed E-state index contributed by atoms with van der Waals surface area (Å²) in [7, 11) is 0. The fraction of sp³-hybridized carbons (Fsp3) is 0.435. The lowest BCUT2D eigenvalue weighted by Gasteiger charge is -2.32. The Labute approximate surface area is 175 Å². The average Bonchev–Trinajstić information content (AvgIpc) is 3.16. The Bertz CT molecular complexity index is 883. The summed E-state index contributed by atoms with van der Waals surface area (Å²) in [4.78, 5) is 13.2. The van der Waals surface area contributed by atoms with Crippen molar-refractivity contribution in [1.82, 2.24) is 4.90 Å². The number of anilines is 2. The smallest absolute Gasteiger partial charge is 0.162 e. The summed E-state index contributed by atoms with van der Waals surface area (Å²) in [6, 6.07) is 9.63. The van der Waals surface area contributed by atoms with E-state index < -0.39 is 18.1 Å². The molecule has 0 radical (unpaired) electrons. The number of benzene rings is 2. The lowest BCUT2D eigenvalue weighted by Crippen LogP contribution is -2.35. The number of carbonyl (C=O) groups is 1. The summed E-state index contributed by atoms with van der Waals surface area (Å²) < 4.78 is 27.5. The van der Waals surface area contributed by atoms with E-state index in [1.807, 2.05) is 12.1 Å². The molecule has 0 amide bonds. The molecule has 0 aliphatic carbocycles. The van der Waals surface area contributed by atoms with E-state index in [0.717, 1.165) is 37.9 Å². The summed E-state index contributed by atoms with van der Waals surface area (Å²) in [6.45, 7) is 2.58. The third-order valence-electron chi connectivity index (χ3n) is 6.12. The highest BCUT2D eigenvalue weighted by Gasteiger charge is 2.25. The number of aliphatic hydroxyl groups is 1. The van der Waals surface area contributed by atoms with Crippen LogP contribution in [0.5, 0.6) is 0 Å². The summed E-state index contributed by atoms with van der Waals surface area (Å²) in [5, 5.41) is 16.4. The SMILES string of the molecule is O=CC1Nc2cc(F)c(C(O)CCN3CCC(Cc4ccc(F)cc4)CC3)cc2N1. The predicted molar refractivity (Wildman–Crippen MR) is 112 cm³/mol. The molecule has 2 aliphatic heterocycles. The first-order chi connectivity index (χ1) is 14.5. The minimum atomic E-state index is -0.899. The van der Waals surface area contributed by atoms with Gasteiger partial charge in [-0.1, -0.05) is 12.1 Å². The first-order valence-corrected chi connectivity index (χ1v) is 10.5. The normalized spacial score (nSPS) is 20.3. The summed E-state index contributed by atoms with van der Waals surface area (Å²) in [6.07, 6.45) is 2.77. The molecule has 2 unspecified atom stereocenters. The molecule has 2 atom stereocenters. The van der Waals surface area contributed by atoms with Crippen molar-refractivity contribution in [2.45, 2.75) is 38.0 Å². The number of aldehydes is 1. The van der Waals surface area contributed by atoms with Crippen LogP contribution in [0.15, 0.2) is 36.4 Å². The van der Waals surface area contributed by atoms with Gasteiger partial charge in [0.1, 0.15) is 11.6 Å². The minimum Gasteiger partial charge on any atom is -0.388 e. The molecule has 2 aliphatic rings. The van der Waals surface area contributed by atoms with Gasteiger partial charge in [0, 0.05) is 12.1 Å². The number of fused-ring (bicyclic) bond motifs is 1. The molecule has 4 rings (SSSR count). The number of carbonyl (C=O) groups excluding carboxylic acids is 1. The molecule has 0 saturated carbocycles.